The summed E-state index contributed by atoms with van der Waals surface area (Å²) in [7, 11) is 0. The molecule has 1 atom stereocenters. The molecule has 158 valence electrons. The number of hydrogen-bond donors (Lipinski definition) is 1. The van der Waals surface area contributed by atoms with Crippen LogP contribution in [-0.2, 0) is 13.0 Å². The maximum absolute atomic E-state index is 5.99. The van der Waals surface area contributed by atoms with E-state index in [0.29, 0.717) is 5.82 Å². The maximum Gasteiger partial charge on any atom is 0.131 e. The van der Waals surface area contributed by atoms with E-state index in [1.54, 1.807) is 6.20 Å². The molecule has 1 fully saturated rings. The normalized spacial score (nSPS) is 18.6. The van der Waals surface area contributed by atoms with Crippen LogP contribution >= 0.6 is 0 Å². The Morgan fingerprint density at radius 2 is 1.97 bits per heavy atom. The van der Waals surface area contributed by atoms with Gasteiger partial charge in [0.15, 0.2) is 0 Å². The van der Waals surface area contributed by atoms with Crippen molar-refractivity contribution in [3.63, 3.8) is 0 Å². The molecule has 5 rings (SSSR count). The first-order valence-corrected chi connectivity index (χ1v) is 11.1. The number of aromatic nitrogens is 2. The van der Waals surface area contributed by atoms with Gasteiger partial charge < -0.3 is 15.5 Å². The van der Waals surface area contributed by atoms with Crippen LogP contribution in [0.15, 0.2) is 72.7 Å². The SMILES string of the molecule is CC1CCN(c2cc(CC3=CN(Cc4ccc5c(N)nccc5c4)CC=C3)ccn2)C1. The molecule has 0 amide bonds. The highest BCUT2D eigenvalue weighted by atomic mass is 15.2. The first-order valence-electron chi connectivity index (χ1n) is 11.1. The van der Waals surface area contributed by atoms with Crippen molar-refractivity contribution in [2.45, 2.75) is 26.3 Å². The second-order valence-corrected chi connectivity index (χ2v) is 8.83. The predicted octanol–water partition coefficient (Wildman–Crippen LogP) is 4.56. The molecule has 4 heterocycles. The van der Waals surface area contributed by atoms with Gasteiger partial charge in [0.2, 0.25) is 0 Å². The number of anilines is 2. The molecule has 1 aromatic carbocycles. The molecule has 2 N–H and O–H groups in total. The van der Waals surface area contributed by atoms with Gasteiger partial charge in [0.25, 0.3) is 0 Å². The first-order chi connectivity index (χ1) is 15.1. The molecule has 0 bridgehead atoms. The summed E-state index contributed by atoms with van der Waals surface area (Å²) in [6, 6.07) is 12.9. The number of nitrogens with zero attached hydrogens (tertiary/aromatic N) is 4. The standard InChI is InChI=1S/C26H29N5/c1-19-8-12-31(16-19)25-15-20(6-9-28-25)13-21-3-2-11-30(17-21)18-22-4-5-24-23(14-22)7-10-29-26(24)27/h2-7,9-10,14-15,17,19H,8,11-13,16,18H2,1H3,(H2,27,29). The average Bonchev–Trinajstić information content (AvgIpc) is 3.21. The first kappa shape index (κ1) is 19.6. The summed E-state index contributed by atoms with van der Waals surface area (Å²) in [4.78, 5) is 13.6. The van der Waals surface area contributed by atoms with Gasteiger partial charge in [0.05, 0.1) is 0 Å². The quantitative estimate of drug-likeness (QED) is 0.667. The van der Waals surface area contributed by atoms with Crippen molar-refractivity contribution in [3.05, 3.63) is 83.8 Å². The number of benzene rings is 1. The second kappa shape index (κ2) is 8.42. The third-order valence-corrected chi connectivity index (χ3v) is 6.23. The van der Waals surface area contributed by atoms with Crippen LogP contribution in [0.3, 0.4) is 0 Å². The summed E-state index contributed by atoms with van der Waals surface area (Å²) in [5, 5.41) is 2.16. The zero-order valence-electron chi connectivity index (χ0n) is 18.0. The van der Waals surface area contributed by atoms with Crippen molar-refractivity contribution < 1.29 is 0 Å². The molecule has 2 aliphatic heterocycles. The number of rotatable bonds is 5. The van der Waals surface area contributed by atoms with Crippen molar-refractivity contribution in [2.75, 3.05) is 30.3 Å². The van der Waals surface area contributed by atoms with Gasteiger partial charge in [-0.25, -0.2) is 9.97 Å². The highest BCUT2D eigenvalue weighted by Crippen LogP contribution is 2.25. The average molecular weight is 412 g/mol. The molecular formula is C26H29N5. The largest absolute Gasteiger partial charge is 0.383 e. The van der Waals surface area contributed by atoms with Gasteiger partial charge in [-0.15, -0.1) is 0 Å². The van der Waals surface area contributed by atoms with E-state index in [1.165, 1.54) is 23.1 Å². The van der Waals surface area contributed by atoms with Crippen molar-refractivity contribution in [2.24, 2.45) is 5.92 Å². The monoisotopic (exact) mass is 411 g/mol. The molecule has 2 aliphatic rings. The van der Waals surface area contributed by atoms with E-state index in [4.69, 9.17) is 5.73 Å². The van der Waals surface area contributed by atoms with Gasteiger partial charge in [-0.3, -0.25) is 0 Å². The Bertz CT molecular complexity index is 1150. The van der Waals surface area contributed by atoms with Gasteiger partial charge in [-0.2, -0.15) is 0 Å². The molecule has 0 radical (unpaired) electrons. The lowest BCUT2D eigenvalue weighted by atomic mass is 10.0. The van der Waals surface area contributed by atoms with Crippen LogP contribution in [0.4, 0.5) is 11.6 Å². The van der Waals surface area contributed by atoms with Crippen molar-refractivity contribution in [3.8, 4) is 0 Å². The molecule has 0 saturated carbocycles. The molecule has 2 aromatic heterocycles. The Hall–Kier alpha value is -3.34. The van der Waals surface area contributed by atoms with Gasteiger partial charge in [-0.05, 0) is 65.1 Å². The van der Waals surface area contributed by atoms with Crippen molar-refractivity contribution >= 4 is 22.4 Å². The minimum atomic E-state index is 0.590. The van der Waals surface area contributed by atoms with Crippen LogP contribution < -0.4 is 10.6 Å². The predicted molar refractivity (Wildman–Crippen MR) is 128 cm³/mol. The lowest BCUT2D eigenvalue weighted by Gasteiger charge is -2.24. The number of fused-ring (bicyclic) bond motifs is 1. The lowest BCUT2D eigenvalue weighted by Crippen LogP contribution is -2.21. The van der Waals surface area contributed by atoms with E-state index in [0.717, 1.165) is 55.1 Å². The zero-order chi connectivity index (χ0) is 21.2. The second-order valence-electron chi connectivity index (χ2n) is 8.83. The van der Waals surface area contributed by atoms with Crippen LogP contribution in [0.5, 0.6) is 0 Å². The molecule has 1 saturated heterocycles. The van der Waals surface area contributed by atoms with E-state index < -0.39 is 0 Å². The molecule has 5 heteroatoms. The lowest BCUT2D eigenvalue weighted by molar-refractivity contribution is 0.401. The molecule has 1 unspecified atom stereocenters. The highest BCUT2D eigenvalue weighted by molar-refractivity contribution is 5.91. The fraction of sp³-hybridized carbons (Fsp3) is 0.308. The Labute approximate surface area is 183 Å². The Balaban J connectivity index is 1.29. The van der Waals surface area contributed by atoms with Crippen molar-refractivity contribution in [1.82, 2.24) is 14.9 Å². The topological polar surface area (TPSA) is 58.3 Å². The maximum atomic E-state index is 5.99. The number of pyridine rings is 2. The minimum absolute atomic E-state index is 0.590. The van der Waals surface area contributed by atoms with Crippen LogP contribution in [0, 0.1) is 5.92 Å². The van der Waals surface area contributed by atoms with Gasteiger partial charge in [-0.1, -0.05) is 31.2 Å². The third kappa shape index (κ3) is 4.41. The van der Waals surface area contributed by atoms with E-state index in [2.05, 4.69) is 75.4 Å². The van der Waals surface area contributed by atoms with Crippen LogP contribution in [0.1, 0.15) is 24.5 Å². The van der Waals surface area contributed by atoms with E-state index in [-0.39, 0.29) is 0 Å². The molecule has 0 spiro atoms. The minimum Gasteiger partial charge on any atom is -0.383 e. The summed E-state index contributed by atoms with van der Waals surface area (Å²) >= 11 is 0. The van der Waals surface area contributed by atoms with Crippen LogP contribution in [0.2, 0.25) is 0 Å². The third-order valence-electron chi connectivity index (χ3n) is 6.23. The summed E-state index contributed by atoms with van der Waals surface area (Å²) in [6.45, 7) is 6.34. The van der Waals surface area contributed by atoms with Gasteiger partial charge >= 0.3 is 0 Å². The summed E-state index contributed by atoms with van der Waals surface area (Å²) in [5.74, 6) is 2.46. The molecule has 0 aliphatic carbocycles. The number of hydrogen-bond acceptors (Lipinski definition) is 5. The van der Waals surface area contributed by atoms with E-state index in [9.17, 15) is 0 Å². The van der Waals surface area contributed by atoms with Crippen LogP contribution in [-0.4, -0.2) is 34.5 Å². The Kier molecular flexibility index (Phi) is 5.33. The van der Waals surface area contributed by atoms with E-state index >= 15 is 0 Å². The molecule has 31 heavy (non-hydrogen) atoms. The van der Waals surface area contributed by atoms with Gasteiger partial charge in [0, 0.05) is 50.2 Å². The summed E-state index contributed by atoms with van der Waals surface area (Å²) in [5.41, 5.74) is 9.91. The number of allylic oxidation sites excluding steroid dienone is 2. The summed E-state index contributed by atoms with van der Waals surface area (Å²) < 4.78 is 0. The number of nitrogens with two attached hydrogens (primary N) is 1. The fourth-order valence-corrected chi connectivity index (χ4v) is 4.59. The van der Waals surface area contributed by atoms with Crippen LogP contribution in [0.25, 0.3) is 10.8 Å². The molecule has 5 nitrogen and oxygen atoms in total. The summed E-state index contributed by atoms with van der Waals surface area (Å²) in [6.07, 6.45) is 12.7. The van der Waals surface area contributed by atoms with Crippen molar-refractivity contribution in [1.29, 1.82) is 0 Å². The molecular weight excluding hydrogens is 382 g/mol. The smallest absolute Gasteiger partial charge is 0.131 e. The Morgan fingerprint density at radius 1 is 1.06 bits per heavy atom. The Morgan fingerprint density at radius 3 is 2.84 bits per heavy atom. The van der Waals surface area contributed by atoms with E-state index in [1.807, 2.05) is 12.3 Å². The number of nitrogen functional groups attached to an aromatic ring is 1. The fourth-order valence-electron chi connectivity index (χ4n) is 4.59. The van der Waals surface area contributed by atoms with Gasteiger partial charge in [0.1, 0.15) is 11.6 Å². The molecule has 3 aromatic rings. The highest BCUT2D eigenvalue weighted by Gasteiger charge is 2.20. The zero-order valence-corrected chi connectivity index (χ0v) is 18.0.